The minimum Gasteiger partial charge on any atom is -0.297 e. The summed E-state index contributed by atoms with van der Waals surface area (Å²) in [5, 5.41) is 0.757. The van der Waals surface area contributed by atoms with Crippen molar-refractivity contribution in [1.29, 1.82) is 0 Å². The molecule has 0 atom stereocenters. The van der Waals surface area contributed by atoms with Crippen LogP contribution in [0.2, 0.25) is 0 Å². The second-order valence-corrected chi connectivity index (χ2v) is 4.42. The van der Waals surface area contributed by atoms with Crippen LogP contribution in [-0.4, -0.2) is 6.29 Å². The van der Waals surface area contributed by atoms with Crippen molar-refractivity contribution in [3.8, 4) is 0 Å². The Morgan fingerprint density at radius 3 is 2.92 bits per heavy atom. The van der Waals surface area contributed by atoms with Crippen molar-refractivity contribution in [1.82, 2.24) is 0 Å². The minimum absolute atomic E-state index is 0.288. The Bertz CT molecular complexity index is 478. The first-order valence-electron chi connectivity index (χ1n) is 3.55. The number of hydrogen-bond acceptors (Lipinski definition) is 2. The van der Waals surface area contributed by atoms with Crippen LogP contribution in [0.3, 0.4) is 0 Å². The molecule has 0 aliphatic heterocycles. The van der Waals surface area contributed by atoms with Crippen LogP contribution in [0.25, 0.3) is 10.1 Å². The summed E-state index contributed by atoms with van der Waals surface area (Å²) in [6.07, 6.45) is 0.770. The monoisotopic (exact) mass is 258 g/mol. The van der Waals surface area contributed by atoms with E-state index in [0.29, 0.717) is 9.35 Å². The average Bonchev–Trinajstić information content (AvgIpc) is 2.44. The molecule has 2 aromatic rings. The fourth-order valence-electron chi connectivity index (χ4n) is 1.13. The third kappa shape index (κ3) is 1.40. The number of rotatable bonds is 1. The van der Waals surface area contributed by atoms with Gasteiger partial charge in [0.15, 0.2) is 6.29 Å². The van der Waals surface area contributed by atoms with Gasteiger partial charge in [-0.25, -0.2) is 4.39 Å². The van der Waals surface area contributed by atoms with Crippen molar-refractivity contribution in [2.24, 2.45) is 0 Å². The number of thiophene rings is 1. The van der Waals surface area contributed by atoms with Crippen LogP contribution in [-0.2, 0) is 0 Å². The summed E-state index contributed by atoms with van der Waals surface area (Å²) < 4.78 is 14.4. The molecule has 1 heterocycles. The van der Waals surface area contributed by atoms with E-state index in [0.717, 1.165) is 16.4 Å². The molecular weight excluding hydrogens is 255 g/mol. The number of hydrogen-bond donors (Lipinski definition) is 0. The Morgan fingerprint density at radius 2 is 2.23 bits per heavy atom. The van der Waals surface area contributed by atoms with Gasteiger partial charge in [-0.05, 0) is 34.1 Å². The highest BCUT2D eigenvalue weighted by Gasteiger charge is 2.09. The molecule has 4 heteroatoms. The van der Waals surface area contributed by atoms with Gasteiger partial charge >= 0.3 is 0 Å². The van der Waals surface area contributed by atoms with Crippen LogP contribution >= 0.6 is 27.3 Å². The van der Waals surface area contributed by atoms with Crippen LogP contribution in [0.1, 0.15) is 9.67 Å². The Balaban J connectivity index is 2.84. The van der Waals surface area contributed by atoms with Gasteiger partial charge in [-0.3, -0.25) is 4.79 Å². The summed E-state index contributed by atoms with van der Waals surface area (Å²) in [5.41, 5.74) is 0. The predicted octanol–water partition coefficient (Wildman–Crippen LogP) is 3.62. The van der Waals surface area contributed by atoms with E-state index in [1.54, 1.807) is 6.07 Å². The van der Waals surface area contributed by atoms with Crippen molar-refractivity contribution in [2.45, 2.75) is 0 Å². The Morgan fingerprint density at radius 1 is 1.46 bits per heavy atom. The van der Waals surface area contributed by atoms with Crippen molar-refractivity contribution < 1.29 is 9.18 Å². The van der Waals surface area contributed by atoms with Gasteiger partial charge in [0.25, 0.3) is 0 Å². The zero-order chi connectivity index (χ0) is 9.42. The summed E-state index contributed by atoms with van der Waals surface area (Å²) in [4.78, 5) is 11.2. The molecule has 0 saturated carbocycles. The maximum Gasteiger partial charge on any atom is 0.161 e. The standard InChI is InChI=1S/C9H4BrFOS/c10-9-6-3-5(11)1-2-7(6)13-8(9)4-12/h1-4H. The summed E-state index contributed by atoms with van der Waals surface area (Å²) in [6.45, 7) is 0. The zero-order valence-corrected chi connectivity index (χ0v) is 8.78. The molecule has 0 radical (unpaired) electrons. The zero-order valence-electron chi connectivity index (χ0n) is 6.38. The molecule has 1 aromatic carbocycles. The molecule has 0 spiro atoms. The van der Waals surface area contributed by atoms with Crippen LogP contribution < -0.4 is 0 Å². The first kappa shape index (κ1) is 8.84. The van der Waals surface area contributed by atoms with E-state index in [2.05, 4.69) is 15.9 Å². The predicted molar refractivity (Wildman–Crippen MR) is 54.9 cm³/mol. The fourth-order valence-corrected chi connectivity index (χ4v) is 2.82. The third-order valence-corrected chi connectivity index (χ3v) is 3.93. The molecule has 0 fully saturated rings. The van der Waals surface area contributed by atoms with Gasteiger partial charge in [0.2, 0.25) is 0 Å². The lowest BCUT2D eigenvalue weighted by atomic mass is 10.2. The highest BCUT2D eigenvalue weighted by molar-refractivity contribution is 9.10. The van der Waals surface area contributed by atoms with Crippen molar-refractivity contribution >= 4 is 43.6 Å². The van der Waals surface area contributed by atoms with Gasteiger partial charge in [-0.1, -0.05) is 0 Å². The van der Waals surface area contributed by atoms with Crippen molar-refractivity contribution in [3.63, 3.8) is 0 Å². The fraction of sp³-hybridized carbons (Fsp3) is 0. The molecule has 2 rings (SSSR count). The first-order chi connectivity index (χ1) is 6.22. The van der Waals surface area contributed by atoms with E-state index >= 15 is 0 Å². The third-order valence-electron chi connectivity index (χ3n) is 1.72. The highest BCUT2D eigenvalue weighted by Crippen LogP contribution is 2.34. The molecule has 0 unspecified atom stereocenters. The molecule has 1 nitrogen and oxygen atoms in total. The van der Waals surface area contributed by atoms with Crippen LogP contribution in [0, 0.1) is 5.82 Å². The normalized spacial score (nSPS) is 10.6. The summed E-state index contributed by atoms with van der Waals surface area (Å²) in [5.74, 6) is -0.288. The van der Waals surface area contributed by atoms with Gasteiger partial charge in [0.05, 0.1) is 4.88 Å². The minimum atomic E-state index is -0.288. The Labute approximate surface area is 86.3 Å². The topological polar surface area (TPSA) is 17.1 Å². The van der Waals surface area contributed by atoms with Crippen LogP contribution in [0.5, 0.6) is 0 Å². The quantitative estimate of drug-likeness (QED) is 0.715. The first-order valence-corrected chi connectivity index (χ1v) is 5.16. The lowest BCUT2D eigenvalue weighted by Crippen LogP contribution is -1.72. The lowest BCUT2D eigenvalue weighted by molar-refractivity contribution is 0.112. The van der Waals surface area contributed by atoms with Crippen molar-refractivity contribution in [2.75, 3.05) is 0 Å². The number of aldehydes is 1. The number of benzene rings is 1. The van der Waals surface area contributed by atoms with E-state index in [9.17, 15) is 9.18 Å². The molecular formula is C9H4BrFOS. The molecule has 0 aliphatic carbocycles. The van der Waals surface area contributed by atoms with E-state index in [1.165, 1.54) is 23.5 Å². The molecule has 66 valence electrons. The average molecular weight is 259 g/mol. The van der Waals surface area contributed by atoms with E-state index in [1.807, 2.05) is 0 Å². The number of halogens is 2. The number of carbonyl (C=O) groups is 1. The van der Waals surface area contributed by atoms with Crippen LogP contribution in [0.15, 0.2) is 22.7 Å². The van der Waals surface area contributed by atoms with Crippen LogP contribution in [0.4, 0.5) is 4.39 Å². The number of fused-ring (bicyclic) bond motifs is 1. The molecule has 1 aromatic heterocycles. The Hall–Kier alpha value is -0.740. The van der Waals surface area contributed by atoms with Gasteiger partial charge in [0, 0.05) is 14.6 Å². The van der Waals surface area contributed by atoms with Gasteiger partial charge < -0.3 is 0 Å². The molecule has 0 aliphatic rings. The molecule has 0 N–H and O–H groups in total. The van der Waals surface area contributed by atoms with Gasteiger partial charge in [-0.15, -0.1) is 11.3 Å². The molecule has 13 heavy (non-hydrogen) atoms. The molecule has 0 bridgehead atoms. The van der Waals surface area contributed by atoms with Crippen molar-refractivity contribution in [3.05, 3.63) is 33.4 Å². The largest absolute Gasteiger partial charge is 0.297 e. The maximum atomic E-state index is 12.8. The molecule has 0 amide bonds. The summed E-state index contributed by atoms with van der Waals surface area (Å²) in [7, 11) is 0. The maximum absolute atomic E-state index is 12.8. The smallest absolute Gasteiger partial charge is 0.161 e. The van der Waals surface area contributed by atoms with E-state index in [-0.39, 0.29) is 5.82 Å². The summed E-state index contributed by atoms with van der Waals surface area (Å²) >= 11 is 4.61. The van der Waals surface area contributed by atoms with Gasteiger partial charge in [-0.2, -0.15) is 0 Å². The molecule has 0 saturated heterocycles. The van der Waals surface area contributed by atoms with Gasteiger partial charge in [0.1, 0.15) is 5.82 Å². The number of carbonyl (C=O) groups excluding carboxylic acids is 1. The van der Waals surface area contributed by atoms with E-state index in [4.69, 9.17) is 0 Å². The Kier molecular flexibility index (Phi) is 2.17. The lowest BCUT2D eigenvalue weighted by Gasteiger charge is -1.89. The SMILES string of the molecule is O=Cc1sc2ccc(F)cc2c1Br. The summed E-state index contributed by atoms with van der Waals surface area (Å²) in [6, 6.07) is 4.48. The second-order valence-electron chi connectivity index (χ2n) is 2.54. The second kappa shape index (κ2) is 3.20. The highest BCUT2D eigenvalue weighted by atomic mass is 79.9. The van der Waals surface area contributed by atoms with E-state index < -0.39 is 0 Å².